The first-order valence-electron chi connectivity index (χ1n) is 12.9. The highest BCUT2D eigenvalue weighted by atomic mass is 35.5. The van der Waals surface area contributed by atoms with E-state index in [0.717, 1.165) is 68.9 Å². The number of nitrogens with zero attached hydrogens (tertiary/aromatic N) is 5. The standard InChI is InChI=1S/C28H34ClF2N5/c1-3-33-13-15-34(16-14-33)23-9-6-21(7-10-23)25-11-8-22(29)17-26(25)35-12-4-5-24(19-35)36-27(28(30)31)20(2)18-32-36/h6-11,17-18,24,28H,3-5,12-16,19H2,1-2H3. The molecule has 5 rings (SSSR count). The third-order valence-electron chi connectivity index (χ3n) is 7.64. The monoisotopic (exact) mass is 513 g/mol. The number of piperazine rings is 1. The van der Waals surface area contributed by atoms with Crippen LogP contribution in [0.15, 0.2) is 48.7 Å². The van der Waals surface area contributed by atoms with Crippen molar-refractivity contribution in [3.05, 3.63) is 64.9 Å². The van der Waals surface area contributed by atoms with E-state index in [1.54, 1.807) is 17.8 Å². The molecule has 0 spiro atoms. The number of piperidine rings is 1. The fourth-order valence-corrected chi connectivity index (χ4v) is 5.75. The van der Waals surface area contributed by atoms with Gasteiger partial charge >= 0.3 is 0 Å². The summed E-state index contributed by atoms with van der Waals surface area (Å²) in [7, 11) is 0. The number of aryl methyl sites for hydroxylation is 1. The lowest BCUT2D eigenvalue weighted by Crippen LogP contribution is -2.46. The van der Waals surface area contributed by atoms with Gasteiger partial charge in [0.15, 0.2) is 0 Å². The molecule has 0 N–H and O–H groups in total. The fraction of sp³-hybridized carbons (Fsp3) is 0.464. The Labute approximate surface area is 217 Å². The van der Waals surface area contributed by atoms with Crippen molar-refractivity contribution in [2.75, 3.05) is 55.6 Å². The van der Waals surface area contributed by atoms with E-state index in [1.165, 1.54) is 5.69 Å². The zero-order chi connectivity index (χ0) is 25.2. The maximum Gasteiger partial charge on any atom is 0.280 e. The van der Waals surface area contributed by atoms with Crippen LogP contribution in [-0.4, -0.2) is 60.5 Å². The molecule has 2 aliphatic rings. The first-order valence-corrected chi connectivity index (χ1v) is 13.3. The van der Waals surface area contributed by atoms with Crippen molar-refractivity contribution in [3.8, 4) is 11.1 Å². The topological polar surface area (TPSA) is 27.5 Å². The Morgan fingerprint density at radius 2 is 1.75 bits per heavy atom. The summed E-state index contributed by atoms with van der Waals surface area (Å²) in [6.45, 7) is 10.8. The lowest BCUT2D eigenvalue weighted by atomic mass is 9.99. The maximum absolute atomic E-state index is 13.7. The first-order chi connectivity index (χ1) is 17.4. The molecule has 36 heavy (non-hydrogen) atoms. The minimum absolute atomic E-state index is 0.0310. The highest BCUT2D eigenvalue weighted by Crippen LogP contribution is 2.38. The number of anilines is 2. The second-order valence-corrected chi connectivity index (χ2v) is 10.3. The molecule has 2 aliphatic heterocycles. The van der Waals surface area contributed by atoms with Crippen LogP contribution in [0.1, 0.15) is 43.5 Å². The predicted molar refractivity (Wildman–Crippen MR) is 144 cm³/mol. The largest absolute Gasteiger partial charge is 0.369 e. The van der Waals surface area contributed by atoms with E-state index >= 15 is 0 Å². The molecule has 1 unspecified atom stereocenters. The highest BCUT2D eigenvalue weighted by molar-refractivity contribution is 6.31. The van der Waals surface area contributed by atoms with Crippen molar-refractivity contribution in [1.29, 1.82) is 0 Å². The summed E-state index contributed by atoms with van der Waals surface area (Å²) in [4.78, 5) is 7.20. The summed E-state index contributed by atoms with van der Waals surface area (Å²) >= 11 is 6.44. The summed E-state index contributed by atoms with van der Waals surface area (Å²) in [6.07, 6.45) is 0.747. The predicted octanol–water partition coefficient (Wildman–Crippen LogP) is 6.43. The van der Waals surface area contributed by atoms with Crippen LogP contribution in [0.3, 0.4) is 0 Å². The Balaban J connectivity index is 1.39. The molecule has 3 aromatic rings. The van der Waals surface area contributed by atoms with Gasteiger partial charge in [-0.15, -0.1) is 0 Å². The summed E-state index contributed by atoms with van der Waals surface area (Å²) in [5.74, 6) is 0. The Morgan fingerprint density at radius 3 is 2.44 bits per heavy atom. The van der Waals surface area contributed by atoms with Gasteiger partial charge in [0.2, 0.25) is 0 Å². The van der Waals surface area contributed by atoms with Gasteiger partial charge in [-0.2, -0.15) is 5.10 Å². The fourth-order valence-electron chi connectivity index (χ4n) is 5.58. The van der Waals surface area contributed by atoms with Crippen molar-refractivity contribution in [1.82, 2.24) is 14.7 Å². The number of rotatable bonds is 6. The van der Waals surface area contributed by atoms with Crippen LogP contribution in [0.5, 0.6) is 0 Å². The maximum atomic E-state index is 13.7. The Morgan fingerprint density at radius 1 is 1.00 bits per heavy atom. The zero-order valence-electron chi connectivity index (χ0n) is 21.0. The second-order valence-electron chi connectivity index (χ2n) is 9.83. The lowest BCUT2D eigenvalue weighted by molar-refractivity contribution is 0.133. The van der Waals surface area contributed by atoms with Crippen molar-refractivity contribution >= 4 is 23.0 Å². The Bertz CT molecular complexity index is 1170. The average Bonchev–Trinajstić information content (AvgIpc) is 3.30. The SMILES string of the molecule is CCN1CCN(c2ccc(-c3ccc(Cl)cc3N3CCCC(n4ncc(C)c4C(F)F)C3)cc2)CC1. The number of aromatic nitrogens is 2. The molecule has 2 saturated heterocycles. The molecule has 0 saturated carbocycles. The number of hydrogen-bond acceptors (Lipinski definition) is 4. The molecule has 0 bridgehead atoms. The molecule has 1 atom stereocenters. The molecule has 192 valence electrons. The molecule has 0 amide bonds. The molecule has 2 aromatic carbocycles. The van der Waals surface area contributed by atoms with Gasteiger partial charge in [0.1, 0.15) is 5.69 Å². The number of hydrogen-bond donors (Lipinski definition) is 0. The molecule has 8 heteroatoms. The number of alkyl halides is 2. The Kier molecular flexibility index (Phi) is 7.49. The van der Waals surface area contributed by atoms with Crippen LogP contribution in [0.4, 0.5) is 20.2 Å². The van der Waals surface area contributed by atoms with E-state index in [1.807, 2.05) is 12.1 Å². The quantitative estimate of drug-likeness (QED) is 0.379. The Hall–Kier alpha value is -2.64. The molecule has 2 fully saturated rings. The highest BCUT2D eigenvalue weighted by Gasteiger charge is 2.28. The van der Waals surface area contributed by atoms with Gasteiger partial charge < -0.3 is 14.7 Å². The van der Waals surface area contributed by atoms with Crippen LogP contribution in [0.25, 0.3) is 11.1 Å². The smallest absolute Gasteiger partial charge is 0.280 e. The van der Waals surface area contributed by atoms with E-state index in [0.29, 0.717) is 17.1 Å². The van der Waals surface area contributed by atoms with Gasteiger partial charge in [0, 0.05) is 61.2 Å². The van der Waals surface area contributed by atoms with Crippen molar-refractivity contribution in [3.63, 3.8) is 0 Å². The van der Waals surface area contributed by atoms with Crippen LogP contribution in [0.2, 0.25) is 5.02 Å². The third kappa shape index (κ3) is 5.09. The third-order valence-corrected chi connectivity index (χ3v) is 7.87. The lowest BCUT2D eigenvalue weighted by Gasteiger charge is -2.36. The van der Waals surface area contributed by atoms with Gasteiger partial charge in [0.25, 0.3) is 6.43 Å². The molecule has 0 radical (unpaired) electrons. The first kappa shape index (κ1) is 25.0. The average molecular weight is 514 g/mol. The van der Waals surface area contributed by atoms with Crippen LogP contribution < -0.4 is 9.80 Å². The van der Waals surface area contributed by atoms with Crippen LogP contribution in [0, 0.1) is 6.92 Å². The molecule has 1 aromatic heterocycles. The number of benzene rings is 2. The van der Waals surface area contributed by atoms with Crippen molar-refractivity contribution in [2.45, 2.75) is 39.2 Å². The van der Waals surface area contributed by atoms with E-state index in [9.17, 15) is 8.78 Å². The minimum Gasteiger partial charge on any atom is -0.369 e. The van der Waals surface area contributed by atoms with Crippen molar-refractivity contribution < 1.29 is 8.78 Å². The molecular weight excluding hydrogens is 480 g/mol. The summed E-state index contributed by atoms with van der Waals surface area (Å²) < 4.78 is 29.0. The molecule has 3 heterocycles. The van der Waals surface area contributed by atoms with Gasteiger partial charge in [-0.3, -0.25) is 4.68 Å². The van der Waals surface area contributed by atoms with Crippen LogP contribution >= 0.6 is 11.6 Å². The molecule has 0 aliphatic carbocycles. The van der Waals surface area contributed by atoms with Gasteiger partial charge in [-0.25, -0.2) is 8.78 Å². The zero-order valence-corrected chi connectivity index (χ0v) is 21.8. The van der Waals surface area contributed by atoms with Crippen molar-refractivity contribution in [2.24, 2.45) is 0 Å². The number of halogens is 3. The van der Waals surface area contributed by atoms with Gasteiger partial charge in [-0.1, -0.05) is 36.7 Å². The minimum atomic E-state index is -2.53. The summed E-state index contributed by atoms with van der Waals surface area (Å²) in [5, 5.41) is 5.00. The normalized spacial score (nSPS) is 19.3. The van der Waals surface area contributed by atoms with E-state index in [2.05, 4.69) is 57.1 Å². The molecular formula is C28H34ClF2N5. The second kappa shape index (κ2) is 10.8. The van der Waals surface area contributed by atoms with E-state index in [4.69, 9.17) is 11.6 Å². The van der Waals surface area contributed by atoms with E-state index < -0.39 is 6.43 Å². The van der Waals surface area contributed by atoms with Gasteiger partial charge in [0.05, 0.1) is 12.2 Å². The van der Waals surface area contributed by atoms with E-state index in [-0.39, 0.29) is 11.7 Å². The molecule has 5 nitrogen and oxygen atoms in total. The summed E-state index contributed by atoms with van der Waals surface area (Å²) in [6, 6.07) is 14.7. The van der Waals surface area contributed by atoms with Crippen LogP contribution in [-0.2, 0) is 0 Å². The van der Waals surface area contributed by atoms with Gasteiger partial charge in [-0.05, 0) is 61.7 Å². The number of likely N-dealkylation sites (N-methyl/N-ethyl adjacent to an activating group) is 1. The summed E-state index contributed by atoms with van der Waals surface area (Å²) in [5.41, 5.74) is 5.09.